The highest BCUT2D eigenvalue weighted by atomic mass is 16.6. The molecule has 0 bridgehead atoms. The average Bonchev–Trinajstić information content (AvgIpc) is 3.07. The van der Waals surface area contributed by atoms with E-state index < -0.39 is 5.63 Å². The molecule has 23 heavy (non-hydrogen) atoms. The van der Waals surface area contributed by atoms with Crippen LogP contribution in [0.3, 0.4) is 0 Å². The maximum atomic E-state index is 11.8. The quantitative estimate of drug-likeness (QED) is 0.644. The number of aromatic nitrogens is 2. The van der Waals surface area contributed by atoms with Gasteiger partial charge in [-0.25, -0.2) is 4.79 Å². The number of nitrogens with zero attached hydrogens (tertiary/aromatic N) is 1. The number of aryl methyl sites for hydroxylation is 1. The zero-order valence-corrected chi connectivity index (χ0v) is 13.0. The van der Waals surface area contributed by atoms with E-state index in [0.717, 1.165) is 32.1 Å². The second kappa shape index (κ2) is 7.63. The first-order valence-corrected chi connectivity index (χ1v) is 7.98. The molecular formula is C18H20N2O3. The molecular weight excluding hydrogens is 292 g/mol. The Balaban J connectivity index is 1.40. The van der Waals surface area contributed by atoms with E-state index in [2.05, 4.69) is 16.0 Å². The molecule has 0 spiro atoms. The molecule has 0 atom stereocenters. The molecule has 0 saturated carbocycles. The van der Waals surface area contributed by atoms with Crippen molar-refractivity contribution in [3.63, 3.8) is 0 Å². The first-order valence-electron chi connectivity index (χ1n) is 7.98. The van der Waals surface area contributed by atoms with Gasteiger partial charge in [0.1, 0.15) is 0 Å². The van der Waals surface area contributed by atoms with E-state index in [1.54, 1.807) is 18.2 Å². The molecule has 0 fully saturated rings. The third-order valence-electron chi connectivity index (χ3n) is 3.74. The fraction of sp³-hybridized carbons (Fsp3) is 0.333. The number of hydrogen-bond acceptors (Lipinski definition) is 4. The lowest BCUT2D eigenvalue weighted by molar-refractivity contribution is 0.211. The molecule has 1 aromatic carbocycles. The molecule has 0 saturated heterocycles. The van der Waals surface area contributed by atoms with E-state index in [1.807, 2.05) is 18.3 Å². The summed E-state index contributed by atoms with van der Waals surface area (Å²) in [4.78, 5) is 19.2. The van der Waals surface area contributed by atoms with Gasteiger partial charge in [-0.2, -0.15) is 4.98 Å². The summed E-state index contributed by atoms with van der Waals surface area (Å²) in [6.45, 7) is 0.511. The van der Waals surface area contributed by atoms with Crippen molar-refractivity contribution in [2.45, 2.75) is 32.1 Å². The Labute approximate surface area is 134 Å². The van der Waals surface area contributed by atoms with Crippen molar-refractivity contribution in [3.8, 4) is 6.08 Å². The zero-order valence-electron chi connectivity index (χ0n) is 13.0. The Bertz CT molecular complexity index is 793. The minimum absolute atomic E-state index is 0.0556. The lowest BCUT2D eigenvalue weighted by Gasteiger charge is -2.04. The molecule has 5 nitrogen and oxygen atoms in total. The number of benzene rings is 1. The predicted molar refractivity (Wildman–Crippen MR) is 88.7 cm³/mol. The van der Waals surface area contributed by atoms with Crippen molar-refractivity contribution in [2.24, 2.45) is 0 Å². The molecule has 3 rings (SSSR count). The van der Waals surface area contributed by atoms with Gasteiger partial charge < -0.3 is 14.1 Å². The molecule has 2 heterocycles. The molecule has 0 aliphatic heterocycles. The molecule has 0 aliphatic carbocycles. The lowest BCUT2D eigenvalue weighted by Crippen LogP contribution is -2.06. The van der Waals surface area contributed by atoms with Gasteiger partial charge >= 0.3 is 11.7 Å². The van der Waals surface area contributed by atoms with Gasteiger partial charge in [0, 0.05) is 11.9 Å². The summed E-state index contributed by atoms with van der Waals surface area (Å²) in [6, 6.07) is 11.2. The number of H-pyrrole nitrogens is 1. The fourth-order valence-corrected chi connectivity index (χ4v) is 2.51. The summed E-state index contributed by atoms with van der Waals surface area (Å²) in [5.74, 6) is 0. The monoisotopic (exact) mass is 312 g/mol. The summed E-state index contributed by atoms with van der Waals surface area (Å²) in [7, 11) is 0. The topological polar surface area (TPSA) is 68.1 Å². The molecule has 120 valence electrons. The molecule has 2 aromatic heterocycles. The molecule has 1 N–H and O–H groups in total. The molecule has 0 amide bonds. The normalized spacial score (nSPS) is 11.0. The standard InChI is InChI=1S/C18H20N2O3/c21-17-15-10-4-5-11-16(15)20-18(23-17)22-13-6-2-1-3-8-14-9-7-12-19-14/h4-5,7,9-12,19H,1-3,6,8,13H2. The highest BCUT2D eigenvalue weighted by Crippen LogP contribution is 2.12. The van der Waals surface area contributed by atoms with Crippen molar-refractivity contribution < 1.29 is 9.15 Å². The third-order valence-corrected chi connectivity index (χ3v) is 3.74. The van der Waals surface area contributed by atoms with Crippen molar-refractivity contribution in [3.05, 3.63) is 58.7 Å². The first kappa shape index (κ1) is 15.3. The van der Waals surface area contributed by atoms with Crippen molar-refractivity contribution >= 4 is 10.9 Å². The predicted octanol–water partition coefficient (Wildman–Crippen LogP) is 3.70. The maximum Gasteiger partial charge on any atom is 0.397 e. The van der Waals surface area contributed by atoms with Crippen LogP contribution in [0.1, 0.15) is 31.4 Å². The summed E-state index contributed by atoms with van der Waals surface area (Å²) >= 11 is 0. The van der Waals surface area contributed by atoms with Crippen LogP contribution in [0.25, 0.3) is 10.9 Å². The van der Waals surface area contributed by atoms with Gasteiger partial charge in [-0.3, -0.25) is 0 Å². The molecule has 3 aromatic rings. The highest BCUT2D eigenvalue weighted by molar-refractivity contribution is 5.76. The minimum atomic E-state index is -0.406. The van der Waals surface area contributed by atoms with Crippen LogP contribution in [-0.4, -0.2) is 16.6 Å². The summed E-state index contributed by atoms with van der Waals surface area (Å²) < 4.78 is 10.5. The number of hydrogen-bond donors (Lipinski definition) is 1. The second-order valence-electron chi connectivity index (χ2n) is 5.49. The van der Waals surface area contributed by atoms with E-state index in [9.17, 15) is 4.79 Å². The Kier molecular flexibility index (Phi) is 5.09. The van der Waals surface area contributed by atoms with Crippen molar-refractivity contribution in [2.75, 3.05) is 6.61 Å². The van der Waals surface area contributed by atoms with E-state index in [0.29, 0.717) is 17.5 Å². The Hall–Kier alpha value is -2.56. The van der Waals surface area contributed by atoms with Crippen LogP contribution in [0.15, 0.2) is 51.8 Å². The third kappa shape index (κ3) is 4.22. The number of ether oxygens (including phenoxy) is 1. The zero-order chi connectivity index (χ0) is 15.9. The van der Waals surface area contributed by atoms with Crippen LogP contribution in [0.2, 0.25) is 0 Å². The van der Waals surface area contributed by atoms with Crippen molar-refractivity contribution in [1.82, 2.24) is 9.97 Å². The number of para-hydroxylation sites is 1. The maximum absolute atomic E-state index is 11.8. The first-order chi connectivity index (χ1) is 11.3. The summed E-state index contributed by atoms with van der Waals surface area (Å²) in [5.41, 5.74) is 1.48. The number of rotatable bonds is 8. The Morgan fingerprint density at radius 3 is 2.78 bits per heavy atom. The van der Waals surface area contributed by atoms with E-state index in [-0.39, 0.29) is 6.08 Å². The van der Waals surface area contributed by atoms with E-state index >= 15 is 0 Å². The van der Waals surface area contributed by atoms with Gasteiger partial charge in [0.05, 0.1) is 17.5 Å². The molecule has 5 heteroatoms. The molecule has 0 aliphatic rings. The Morgan fingerprint density at radius 2 is 1.91 bits per heavy atom. The smallest absolute Gasteiger partial charge is 0.397 e. The van der Waals surface area contributed by atoms with Gasteiger partial charge in [-0.1, -0.05) is 25.0 Å². The molecule has 0 radical (unpaired) electrons. The van der Waals surface area contributed by atoms with Gasteiger partial charge in [0.2, 0.25) is 0 Å². The lowest BCUT2D eigenvalue weighted by atomic mass is 10.1. The molecule has 0 unspecified atom stereocenters. The fourth-order valence-electron chi connectivity index (χ4n) is 2.51. The number of unbranched alkanes of at least 4 members (excludes halogenated alkanes) is 3. The Morgan fingerprint density at radius 1 is 1.04 bits per heavy atom. The highest BCUT2D eigenvalue weighted by Gasteiger charge is 2.06. The van der Waals surface area contributed by atoms with Crippen LogP contribution >= 0.6 is 0 Å². The summed E-state index contributed by atoms with van der Waals surface area (Å²) in [5, 5.41) is 0.476. The van der Waals surface area contributed by atoms with Gasteiger partial charge in [-0.05, 0) is 43.5 Å². The number of nitrogens with one attached hydrogen (secondary N) is 1. The van der Waals surface area contributed by atoms with Gasteiger partial charge in [-0.15, -0.1) is 0 Å². The second-order valence-corrected chi connectivity index (χ2v) is 5.49. The average molecular weight is 312 g/mol. The minimum Gasteiger partial charge on any atom is -0.450 e. The van der Waals surface area contributed by atoms with Crippen LogP contribution in [0.5, 0.6) is 6.08 Å². The number of aromatic amines is 1. The van der Waals surface area contributed by atoms with Crippen LogP contribution < -0.4 is 10.4 Å². The van der Waals surface area contributed by atoms with Gasteiger partial charge in [0.25, 0.3) is 0 Å². The van der Waals surface area contributed by atoms with Crippen LogP contribution in [0, 0.1) is 0 Å². The van der Waals surface area contributed by atoms with Crippen LogP contribution in [-0.2, 0) is 6.42 Å². The largest absolute Gasteiger partial charge is 0.450 e. The van der Waals surface area contributed by atoms with Crippen LogP contribution in [0.4, 0.5) is 0 Å². The van der Waals surface area contributed by atoms with E-state index in [4.69, 9.17) is 9.15 Å². The SMILES string of the molecule is O=c1oc(OCCCCCCc2ccc[nH]2)nc2ccccc12. The van der Waals surface area contributed by atoms with Gasteiger partial charge in [0.15, 0.2) is 0 Å². The summed E-state index contributed by atoms with van der Waals surface area (Å²) in [6.07, 6.45) is 7.39. The van der Waals surface area contributed by atoms with E-state index in [1.165, 1.54) is 5.69 Å². The number of fused-ring (bicyclic) bond motifs is 1. The van der Waals surface area contributed by atoms with Crippen molar-refractivity contribution in [1.29, 1.82) is 0 Å².